The number of anilines is 1. The number of nitrogens with one attached hydrogen (secondary N) is 1. The van der Waals surface area contributed by atoms with E-state index in [4.69, 9.17) is 14.5 Å². The average molecular weight is 433 g/mol. The lowest BCUT2D eigenvalue weighted by atomic mass is 9.69. The first-order valence-electron chi connectivity index (χ1n) is 11.0. The summed E-state index contributed by atoms with van der Waals surface area (Å²) in [5.41, 5.74) is 3.48. The Kier molecular flexibility index (Phi) is 6.40. The number of rotatable bonds is 6. The van der Waals surface area contributed by atoms with E-state index in [0.717, 1.165) is 29.9 Å². The van der Waals surface area contributed by atoms with Crippen molar-refractivity contribution in [3.63, 3.8) is 0 Å². The average Bonchev–Trinajstić information content (AvgIpc) is 2.79. The summed E-state index contributed by atoms with van der Waals surface area (Å²) in [6.45, 7) is 4.32. The van der Waals surface area contributed by atoms with E-state index in [0.29, 0.717) is 35.7 Å². The van der Waals surface area contributed by atoms with E-state index in [1.165, 1.54) is 0 Å². The van der Waals surface area contributed by atoms with E-state index < -0.39 is 11.8 Å². The summed E-state index contributed by atoms with van der Waals surface area (Å²) in [7, 11) is 1.56. The van der Waals surface area contributed by atoms with E-state index in [1.54, 1.807) is 19.2 Å². The molecule has 2 aliphatic rings. The second-order valence-corrected chi connectivity index (χ2v) is 8.04. The molecule has 1 aliphatic carbocycles. The smallest absolute Gasteiger partial charge is 0.254 e. The number of benzene rings is 2. The molecule has 6 heteroatoms. The molecule has 0 saturated heterocycles. The first-order chi connectivity index (χ1) is 15.5. The number of carbonyl (C=O) groups excluding carboxylic acids is 2. The van der Waals surface area contributed by atoms with Crippen LogP contribution < -0.4 is 14.8 Å². The Morgan fingerprint density at radius 3 is 2.72 bits per heavy atom. The standard InChI is InChI=1S/C26H28N2O4/c1-4-32-18-10-7-9-17(15-18)24-23(16(2)27-20-12-8-13-21(29)25(20)24)26(30)28-19-11-5-6-14-22(19)31-3/h5-7,9-11,14-15,24-25H,4,8,12-13H2,1-3H3,(H,28,30)/t24-,25?/m1/s1. The van der Waals surface area contributed by atoms with Gasteiger partial charge in [-0.15, -0.1) is 0 Å². The summed E-state index contributed by atoms with van der Waals surface area (Å²) in [5.74, 6) is 0.312. The van der Waals surface area contributed by atoms with Crippen LogP contribution in [0.15, 0.2) is 64.8 Å². The number of carbonyl (C=O) groups is 2. The second kappa shape index (κ2) is 9.39. The molecule has 1 fully saturated rings. The van der Waals surface area contributed by atoms with Crippen molar-refractivity contribution in [1.82, 2.24) is 0 Å². The highest BCUT2D eigenvalue weighted by Crippen LogP contribution is 2.44. The van der Waals surface area contributed by atoms with Gasteiger partial charge in [0.25, 0.3) is 5.91 Å². The summed E-state index contributed by atoms with van der Waals surface area (Å²) >= 11 is 0. The quantitative estimate of drug-likeness (QED) is 0.703. The Balaban J connectivity index is 1.79. The summed E-state index contributed by atoms with van der Waals surface area (Å²) in [4.78, 5) is 31.4. The number of ether oxygens (including phenoxy) is 2. The molecular weight excluding hydrogens is 404 g/mol. The first kappa shape index (κ1) is 21.8. The highest BCUT2D eigenvalue weighted by molar-refractivity contribution is 6.14. The third kappa shape index (κ3) is 4.17. The molecule has 2 aromatic rings. The molecule has 4 rings (SSSR count). The number of aliphatic imine (C=N–C) groups is 1. The van der Waals surface area contributed by atoms with Gasteiger partial charge in [0, 0.05) is 29.3 Å². The monoisotopic (exact) mass is 432 g/mol. The number of methoxy groups -OCH3 is 1. The van der Waals surface area contributed by atoms with Gasteiger partial charge in [0.05, 0.1) is 25.3 Å². The molecule has 6 nitrogen and oxygen atoms in total. The molecule has 1 unspecified atom stereocenters. The number of hydrogen-bond donors (Lipinski definition) is 1. The van der Waals surface area contributed by atoms with Gasteiger partial charge in [-0.05, 0) is 56.5 Å². The maximum atomic E-state index is 13.6. The Morgan fingerprint density at radius 1 is 1.12 bits per heavy atom. The van der Waals surface area contributed by atoms with E-state index in [2.05, 4.69) is 5.32 Å². The van der Waals surface area contributed by atoms with Crippen molar-refractivity contribution in [3.05, 3.63) is 65.4 Å². The molecule has 0 radical (unpaired) electrons. The lowest BCUT2D eigenvalue weighted by molar-refractivity contribution is -0.122. The van der Waals surface area contributed by atoms with Gasteiger partial charge in [0.1, 0.15) is 17.3 Å². The van der Waals surface area contributed by atoms with Crippen molar-refractivity contribution in [3.8, 4) is 11.5 Å². The molecule has 0 aromatic heterocycles. The molecule has 1 heterocycles. The molecule has 0 bridgehead atoms. The van der Waals surface area contributed by atoms with Crippen LogP contribution in [0.2, 0.25) is 0 Å². The van der Waals surface area contributed by atoms with E-state index in [-0.39, 0.29) is 11.7 Å². The number of nitrogens with zero attached hydrogens (tertiary/aromatic N) is 1. The minimum atomic E-state index is -0.428. The Hall–Kier alpha value is -3.41. The van der Waals surface area contributed by atoms with Crippen LogP contribution in [-0.4, -0.2) is 31.1 Å². The molecule has 1 aliphatic heterocycles. The third-order valence-electron chi connectivity index (χ3n) is 6.04. The van der Waals surface area contributed by atoms with Crippen molar-refractivity contribution < 1.29 is 19.1 Å². The van der Waals surface area contributed by atoms with Crippen LogP contribution in [0.1, 0.15) is 44.6 Å². The second-order valence-electron chi connectivity index (χ2n) is 8.04. The van der Waals surface area contributed by atoms with Crippen LogP contribution in [0.3, 0.4) is 0 Å². The Bertz CT molecular complexity index is 1100. The van der Waals surface area contributed by atoms with Gasteiger partial charge in [-0.3, -0.25) is 14.6 Å². The summed E-state index contributed by atoms with van der Waals surface area (Å²) in [6, 6.07) is 15.0. The predicted octanol–water partition coefficient (Wildman–Crippen LogP) is 4.91. The summed E-state index contributed by atoms with van der Waals surface area (Å²) < 4.78 is 11.1. The zero-order chi connectivity index (χ0) is 22.7. The zero-order valence-corrected chi connectivity index (χ0v) is 18.7. The number of Topliss-reactive ketones (excluding diaryl/α,β-unsaturated/α-hetero) is 1. The van der Waals surface area contributed by atoms with E-state index >= 15 is 0 Å². The van der Waals surface area contributed by atoms with Crippen LogP contribution in [0.5, 0.6) is 11.5 Å². The number of amides is 1. The molecule has 1 saturated carbocycles. The van der Waals surface area contributed by atoms with Crippen molar-refractivity contribution in [2.75, 3.05) is 19.0 Å². The number of hydrogen-bond acceptors (Lipinski definition) is 5. The van der Waals surface area contributed by atoms with E-state index in [1.807, 2.05) is 50.2 Å². The zero-order valence-electron chi connectivity index (χ0n) is 18.7. The fraction of sp³-hybridized carbons (Fsp3) is 0.346. The SMILES string of the molecule is CCOc1cccc([C@@H]2C(C(=O)Nc3ccccc3OC)=C(C)N=C3CCCC(=O)C32)c1. The van der Waals surface area contributed by atoms with Gasteiger partial charge in [0.15, 0.2) is 0 Å². The van der Waals surface area contributed by atoms with Crippen LogP contribution in [0.4, 0.5) is 5.69 Å². The number of para-hydroxylation sites is 2. The van der Waals surface area contributed by atoms with Crippen molar-refractivity contribution in [1.29, 1.82) is 0 Å². The largest absolute Gasteiger partial charge is 0.495 e. The van der Waals surface area contributed by atoms with Crippen LogP contribution >= 0.6 is 0 Å². The lowest BCUT2D eigenvalue weighted by Gasteiger charge is -2.36. The highest BCUT2D eigenvalue weighted by atomic mass is 16.5. The molecule has 2 aromatic carbocycles. The normalized spacial score (nSPS) is 20.3. The van der Waals surface area contributed by atoms with Gasteiger partial charge in [-0.1, -0.05) is 24.3 Å². The van der Waals surface area contributed by atoms with Crippen LogP contribution in [0.25, 0.3) is 0 Å². The maximum absolute atomic E-state index is 13.6. The van der Waals surface area contributed by atoms with Gasteiger partial charge >= 0.3 is 0 Å². The Morgan fingerprint density at radius 2 is 1.94 bits per heavy atom. The minimum Gasteiger partial charge on any atom is -0.495 e. The van der Waals surface area contributed by atoms with Gasteiger partial charge in [0.2, 0.25) is 0 Å². The molecule has 166 valence electrons. The molecule has 2 atom stereocenters. The molecule has 32 heavy (non-hydrogen) atoms. The number of fused-ring (bicyclic) bond motifs is 1. The van der Waals surface area contributed by atoms with E-state index in [9.17, 15) is 9.59 Å². The highest BCUT2D eigenvalue weighted by Gasteiger charge is 2.43. The van der Waals surface area contributed by atoms with Gasteiger partial charge < -0.3 is 14.8 Å². The molecule has 0 spiro atoms. The summed E-state index contributed by atoms with van der Waals surface area (Å²) in [6.07, 6.45) is 2.08. The first-order valence-corrected chi connectivity index (χ1v) is 11.0. The number of allylic oxidation sites excluding steroid dienone is 1. The van der Waals surface area contributed by atoms with Crippen molar-refractivity contribution >= 4 is 23.1 Å². The topological polar surface area (TPSA) is 77.0 Å². The van der Waals surface area contributed by atoms with Crippen LogP contribution in [-0.2, 0) is 9.59 Å². The third-order valence-corrected chi connectivity index (χ3v) is 6.04. The van der Waals surface area contributed by atoms with Crippen molar-refractivity contribution in [2.24, 2.45) is 10.9 Å². The Labute approximate surface area is 188 Å². The summed E-state index contributed by atoms with van der Waals surface area (Å²) in [5, 5.41) is 2.98. The number of ketones is 1. The minimum absolute atomic E-state index is 0.136. The van der Waals surface area contributed by atoms with Gasteiger partial charge in [-0.2, -0.15) is 0 Å². The maximum Gasteiger partial charge on any atom is 0.254 e. The van der Waals surface area contributed by atoms with Gasteiger partial charge in [-0.25, -0.2) is 0 Å². The molecule has 1 amide bonds. The lowest BCUT2D eigenvalue weighted by Crippen LogP contribution is -2.39. The van der Waals surface area contributed by atoms with Crippen LogP contribution in [0, 0.1) is 5.92 Å². The predicted molar refractivity (Wildman–Crippen MR) is 124 cm³/mol. The fourth-order valence-electron chi connectivity index (χ4n) is 4.68. The van der Waals surface area contributed by atoms with Crippen molar-refractivity contribution in [2.45, 2.75) is 39.0 Å². The molecular formula is C26H28N2O4. The fourth-order valence-corrected chi connectivity index (χ4v) is 4.68. The molecule has 1 N–H and O–H groups in total.